The largest absolute Gasteiger partial charge is 0.492 e. The van der Waals surface area contributed by atoms with Gasteiger partial charge in [0.05, 0.1) is 11.0 Å². The second-order valence-electron chi connectivity index (χ2n) is 3.72. The van der Waals surface area contributed by atoms with Crippen molar-refractivity contribution in [2.24, 2.45) is 0 Å². The van der Waals surface area contributed by atoms with Crippen LogP contribution in [0.3, 0.4) is 0 Å². The van der Waals surface area contributed by atoms with Crippen molar-refractivity contribution in [3.8, 4) is 5.75 Å². The fraction of sp³-hybridized carbons (Fsp3) is 0.455. The Bertz CT molecular complexity index is 440. The van der Waals surface area contributed by atoms with Gasteiger partial charge in [-0.1, -0.05) is 17.7 Å². The summed E-state index contributed by atoms with van der Waals surface area (Å²) < 4.78 is 28.3. The zero-order chi connectivity index (χ0) is 12.2. The average Bonchev–Trinajstić information content (AvgIpc) is 2.17. The first-order chi connectivity index (χ1) is 7.42. The molecule has 0 aliphatic rings. The molecule has 0 aliphatic carbocycles. The lowest BCUT2D eigenvalue weighted by Gasteiger charge is -2.09. The van der Waals surface area contributed by atoms with Gasteiger partial charge in [-0.2, -0.15) is 0 Å². The van der Waals surface area contributed by atoms with Crippen molar-refractivity contribution in [2.45, 2.75) is 19.1 Å². The standard InChI is InChI=1S/C11H15ClO3S/c1-9(2)16(13,14)7-6-15-11-5-3-4-10(12)8-11/h3-5,8-9H,6-7H2,1-2H3. The summed E-state index contributed by atoms with van der Waals surface area (Å²) in [5.41, 5.74) is 0. The summed E-state index contributed by atoms with van der Waals surface area (Å²) in [4.78, 5) is 0. The molecule has 1 rings (SSSR count). The van der Waals surface area contributed by atoms with E-state index < -0.39 is 9.84 Å². The lowest BCUT2D eigenvalue weighted by molar-refractivity contribution is 0.340. The number of hydrogen-bond donors (Lipinski definition) is 0. The van der Waals surface area contributed by atoms with Gasteiger partial charge in [0.15, 0.2) is 9.84 Å². The first-order valence-electron chi connectivity index (χ1n) is 5.02. The van der Waals surface area contributed by atoms with Crippen molar-refractivity contribution in [1.82, 2.24) is 0 Å². The van der Waals surface area contributed by atoms with Crippen LogP contribution in [0.2, 0.25) is 5.02 Å². The van der Waals surface area contributed by atoms with Crippen LogP contribution in [0.1, 0.15) is 13.8 Å². The second-order valence-corrected chi connectivity index (χ2v) is 6.83. The topological polar surface area (TPSA) is 43.4 Å². The monoisotopic (exact) mass is 262 g/mol. The molecule has 0 aliphatic heterocycles. The number of rotatable bonds is 5. The molecule has 0 spiro atoms. The fourth-order valence-corrected chi connectivity index (χ4v) is 2.04. The van der Waals surface area contributed by atoms with E-state index in [-0.39, 0.29) is 17.6 Å². The molecule has 0 N–H and O–H groups in total. The van der Waals surface area contributed by atoms with Crippen molar-refractivity contribution in [3.05, 3.63) is 29.3 Å². The van der Waals surface area contributed by atoms with Crippen molar-refractivity contribution in [1.29, 1.82) is 0 Å². The number of ether oxygens (including phenoxy) is 1. The molecule has 0 fully saturated rings. The molecule has 0 radical (unpaired) electrons. The van der Waals surface area contributed by atoms with Gasteiger partial charge in [0.2, 0.25) is 0 Å². The van der Waals surface area contributed by atoms with Crippen LogP contribution in [0.5, 0.6) is 5.75 Å². The number of hydrogen-bond acceptors (Lipinski definition) is 3. The molecule has 5 heteroatoms. The number of sulfone groups is 1. The van der Waals surface area contributed by atoms with Crippen LogP contribution in [0, 0.1) is 0 Å². The van der Waals surface area contributed by atoms with Crippen LogP contribution in [0.15, 0.2) is 24.3 Å². The average molecular weight is 263 g/mol. The Balaban J connectivity index is 2.48. The van der Waals surface area contributed by atoms with E-state index in [1.54, 1.807) is 38.1 Å². The maximum Gasteiger partial charge on any atom is 0.155 e. The van der Waals surface area contributed by atoms with E-state index in [4.69, 9.17) is 16.3 Å². The number of halogens is 1. The van der Waals surface area contributed by atoms with Crippen LogP contribution in [0.4, 0.5) is 0 Å². The normalized spacial score (nSPS) is 11.8. The molecule has 0 heterocycles. The highest BCUT2D eigenvalue weighted by Crippen LogP contribution is 2.17. The van der Waals surface area contributed by atoms with Gasteiger partial charge in [0, 0.05) is 5.02 Å². The first kappa shape index (κ1) is 13.3. The molecule has 0 unspecified atom stereocenters. The van der Waals surface area contributed by atoms with E-state index in [1.807, 2.05) is 0 Å². The van der Waals surface area contributed by atoms with Gasteiger partial charge in [-0.05, 0) is 32.0 Å². The zero-order valence-corrected chi connectivity index (χ0v) is 10.9. The van der Waals surface area contributed by atoms with E-state index in [0.29, 0.717) is 10.8 Å². The molecule has 0 atom stereocenters. The van der Waals surface area contributed by atoms with Crippen molar-refractivity contribution < 1.29 is 13.2 Å². The van der Waals surface area contributed by atoms with Gasteiger partial charge < -0.3 is 4.74 Å². The summed E-state index contributed by atoms with van der Waals surface area (Å²) in [5.74, 6) is 0.614. The Hall–Kier alpha value is -0.740. The zero-order valence-electron chi connectivity index (χ0n) is 9.31. The lowest BCUT2D eigenvalue weighted by Crippen LogP contribution is -2.21. The summed E-state index contributed by atoms with van der Waals surface area (Å²) in [6.07, 6.45) is 0. The third kappa shape index (κ3) is 4.02. The second kappa shape index (κ2) is 5.55. The van der Waals surface area contributed by atoms with Crippen LogP contribution in [0.25, 0.3) is 0 Å². The van der Waals surface area contributed by atoms with Gasteiger partial charge in [-0.3, -0.25) is 0 Å². The number of benzene rings is 1. The van der Waals surface area contributed by atoms with Gasteiger partial charge in [-0.15, -0.1) is 0 Å². The van der Waals surface area contributed by atoms with E-state index in [9.17, 15) is 8.42 Å². The van der Waals surface area contributed by atoms with Gasteiger partial charge in [0.1, 0.15) is 12.4 Å². The molecule has 3 nitrogen and oxygen atoms in total. The Labute approximate surface area is 101 Å². The quantitative estimate of drug-likeness (QED) is 0.819. The van der Waals surface area contributed by atoms with Crippen molar-refractivity contribution in [2.75, 3.05) is 12.4 Å². The summed E-state index contributed by atoms with van der Waals surface area (Å²) in [7, 11) is -3.04. The molecule has 0 saturated carbocycles. The third-order valence-corrected chi connectivity index (χ3v) is 4.56. The summed E-state index contributed by atoms with van der Waals surface area (Å²) in [6.45, 7) is 3.48. The van der Waals surface area contributed by atoms with Crippen molar-refractivity contribution >= 4 is 21.4 Å². The predicted octanol–water partition coefficient (Wildman–Crippen LogP) is 2.54. The van der Waals surface area contributed by atoms with Crippen LogP contribution in [-0.4, -0.2) is 26.0 Å². The summed E-state index contributed by atoms with van der Waals surface area (Å²) >= 11 is 5.77. The smallest absolute Gasteiger partial charge is 0.155 e. The van der Waals surface area contributed by atoms with Gasteiger partial charge in [-0.25, -0.2) is 8.42 Å². The molecular formula is C11H15ClO3S. The lowest BCUT2D eigenvalue weighted by atomic mass is 10.3. The minimum atomic E-state index is -3.04. The highest BCUT2D eigenvalue weighted by molar-refractivity contribution is 7.91. The minimum Gasteiger partial charge on any atom is -0.492 e. The molecule has 0 saturated heterocycles. The third-order valence-electron chi connectivity index (χ3n) is 2.15. The molecule has 1 aromatic rings. The van der Waals surface area contributed by atoms with Gasteiger partial charge in [0.25, 0.3) is 0 Å². The molecule has 0 aromatic heterocycles. The maximum absolute atomic E-state index is 11.5. The highest BCUT2D eigenvalue weighted by atomic mass is 35.5. The van der Waals surface area contributed by atoms with Gasteiger partial charge >= 0.3 is 0 Å². The molecular weight excluding hydrogens is 248 g/mol. The van der Waals surface area contributed by atoms with Crippen molar-refractivity contribution in [3.63, 3.8) is 0 Å². The fourth-order valence-electron chi connectivity index (χ4n) is 1.07. The van der Waals surface area contributed by atoms with Crippen LogP contribution < -0.4 is 4.74 Å². The Kier molecular flexibility index (Phi) is 4.62. The van der Waals surface area contributed by atoms with E-state index >= 15 is 0 Å². The molecule has 90 valence electrons. The van der Waals surface area contributed by atoms with E-state index in [1.165, 1.54) is 0 Å². The Morgan fingerprint density at radius 2 is 2.06 bits per heavy atom. The predicted molar refractivity (Wildman–Crippen MR) is 65.9 cm³/mol. The highest BCUT2D eigenvalue weighted by Gasteiger charge is 2.15. The SMILES string of the molecule is CC(C)S(=O)(=O)CCOc1cccc(Cl)c1. The first-order valence-corrected chi connectivity index (χ1v) is 7.11. The van der Waals surface area contributed by atoms with Crippen LogP contribution in [-0.2, 0) is 9.84 Å². The maximum atomic E-state index is 11.5. The molecule has 0 amide bonds. The van der Waals surface area contributed by atoms with E-state index in [0.717, 1.165) is 0 Å². The minimum absolute atomic E-state index is 0.0250. The summed E-state index contributed by atoms with van der Waals surface area (Å²) in [5, 5.41) is 0.208. The Morgan fingerprint density at radius 1 is 1.38 bits per heavy atom. The van der Waals surface area contributed by atoms with Crippen LogP contribution >= 0.6 is 11.6 Å². The summed E-state index contributed by atoms with van der Waals surface area (Å²) in [6, 6.07) is 6.89. The van der Waals surface area contributed by atoms with E-state index in [2.05, 4.69) is 0 Å². The molecule has 1 aromatic carbocycles. The molecule has 0 bridgehead atoms. The Morgan fingerprint density at radius 3 is 2.62 bits per heavy atom. The molecule has 16 heavy (non-hydrogen) atoms.